The van der Waals surface area contributed by atoms with E-state index in [1.807, 2.05) is 0 Å². The normalized spacial score (nSPS) is 17.8. The van der Waals surface area contributed by atoms with Crippen LogP contribution in [0.4, 0.5) is 10.5 Å². The summed E-state index contributed by atoms with van der Waals surface area (Å²) in [5, 5.41) is 9.00. The molecule has 1 saturated heterocycles. The molecular weight excluding hydrogens is 280 g/mol. The Morgan fingerprint density at radius 1 is 1.45 bits per heavy atom. The predicted molar refractivity (Wildman–Crippen MR) is 76.4 cm³/mol. The lowest BCUT2D eigenvalue weighted by Gasteiger charge is -2.19. The number of thioether (sulfide) groups is 1. The lowest BCUT2D eigenvalue weighted by Crippen LogP contribution is -2.41. The smallest absolute Gasteiger partial charge is 0.411 e. The SMILES string of the molecule is C=Nc1ccc(COC(=O)N2CSC[C@H]2C(=O)O)cc1. The third-order valence-electron chi connectivity index (χ3n) is 2.88. The van der Waals surface area contributed by atoms with Crippen LogP contribution in [0.2, 0.25) is 0 Å². The fraction of sp³-hybridized carbons (Fsp3) is 0.308. The minimum atomic E-state index is -1.01. The van der Waals surface area contributed by atoms with Crippen LogP contribution in [0.1, 0.15) is 5.56 Å². The Labute approximate surface area is 120 Å². The first-order valence-corrected chi connectivity index (χ1v) is 7.07. The van der Waals surface area contributed by atoms with Gasteiger partial charge in [0.2, 0.25) is 0 Å². The van der Waals surface area contributed by atoms with Gasteiger partial charge < -0.3 is 9.84 Å². The van der Waals surface area contributed by atoms with Gasteiger partial charge in [0.05, 0.1) is 11.6 Å². The number of nitrogens with zero attached hydrogens (tertiary/aromatic N) is 2. The van der Waals surface area contributed by atoms with E-state index in [1.54, 1.807) is 24.3 Å². The van der Waals surface area contributed by atoms with Crippen LogP contribution < -0.4 is 0 Å². The van der Waals surface area contributed by atoms with Crippen LogP contribution in [0.25, 0.3) is 0 Å². The van der Waals surface area contributed by atoms with Gasteiger partial charge in [0.15, 0.2) is 0 Å². The maximum absolute atomic E-state index is 11.9. The molecule has 1 aromatic rings. The van der Waals surface area contributed by atoms with E-state index < -0.39 is 18.1 Å². The highest BCUT2D eigenvalue weighted by Gasteiger charge is 2.35. The summed E-state index contributed by atoms with van der Waals surface area (Å²) >= 11 is 1.40. The Kier molecular flexibility index (Phi) is 4.62. The number of carboxylic acids is 1. The molecule has 1 N–H and O–H groups in total. The van der Waals surface area contributed by atoms with Crippen molar-refractivity contribution in [3.8, 4) is 0 Å². The van der Waals surface area contributed by atoms with Crippen molar-refractivity contribution >= 4 is 36.2 Å². The van der Waals surface area contributed by atoms with Crippen LogP contribution in [0, 0.1) is 0 Å². The number of rotatable bonds is 4. The summed E-state index contributed by atoms with van der Waals surface area (Å²) in [6.07, 6.45) is -0.603. The van der Waals surface area contributed by atoms with Crippen LogP contribution in [-0.4, -0.2) is 46.5 Å². The Morgan fingerprint density at radius 2 is 2.15 bits per heavy atom. The van der Waals surface area contributed by atoms with E-state index in [0.29, 0.717) is 11.6 Å². The molecule has 0 saturated carbocycles. The highest BCUT2D eigenvalue weighted by Crippen LogP contribution is 2.22. The second-order valence-electron chi connectivity index (χ2n) is 4.20. The molecule has 1 fully saturated rings. The van der Waals surface area contributed by atoms with Crippen LogP contribution in [0.3, 0.4) is 0 Å². The lowest BCUT2D eigenvalue weighted by molar-refractivity contribution is -0.141. The van der Waals surface area contributed by atoms with Gasteiger partial charge in [-0.15, -0.1) is 11.8 Å². The number of carboxylic acid groups (broad SMARTS) is 1. The van der Waals surface area contributed by atoms with Crippen LogP contribution in [0.15, 0.2) is 29.3 Å². The quantitative estimate of drug-likeness (QED) is 0.860. The summed E-state index contributed by atoms with van der Waals surface area (Å²) in [4.78, 5) is 27.8. The van der Waals surface area contributed by atoms with E-state index in [2.05, 4.69) is 11.7 Å². The van der Waals surface area contributed by atoms with E-state index in [-0.39, 0.29) is 6.61 Å². The lowest BCUT2D eigenvalue weighted by atomic mass is 10.2. The minimum Gasteiger partial charge on any atom is -0.480 e. The standard InChI is InChI=1S/C13H14N2O4S/c1-14-10-4-2-9(3-5-10)6-19-13(18)15-8-20-7-11(15)12(16)17/h2-5,11H,1,6-8H2,(H,16,17)/t11-/m0/s1. The van der Waals surface area contributed by atoms with Crippen molar-refractivity contribution in [3.63, 3.8) is 0 Å². The van der Waals surface area contributed by atoms with Gasteiger partial charge in [0.25, 0.3) is 0 Å². The molecule has 0 bridgehead atoms. The monoisotopic (exact) mass is 294 g/mol. The molecule has 20 heavy (non-hydrogen) atoms. The van der Waals surface area contributed by atoms with Crippen molar-refractivity contribution in [2.24, 2.45) is 4.99 Å². The maximum Gasteiger partial charge on any atom is 0.411 e. The number of carbonyl (C=O) groups excluding carboxylic acids is 1. The Bertz CT molecular complexity index is 518. The topological polar surface area (TPSA) is 79.2 Å². The van der Waals surface area contributed by atoms with Gasteiger partial charge in [-0.25, -0.2) is 9.59 Å². The molecular formula is C13H14N2O4S. The van der Waals surface area contributed by atoms with E-state index in [9.17, 15) is 9.59 Å². The summed E-state index contributed by atoms with van der Waals surface area (Å²) in [5.74, 6) is -0.271. The molecule has 0 aliphatic carbocycles. The van der Waals surface area contributed by atoms with Crippen LogP contribution >= 0.6 is 11.8 Å². The van der Waals surface area contributed by atoms with Crippen molar-refractivity contribution in [2.45, 2.75) is 12.6 Å². The van der Waals surface area contributed by atoms with Gasteiger partial charge in [-0.3, -0.25) is 9.89 Å². The largest absolute Gasteiger partial charge is 0.480 e. The summed E-state index contributed by atoms with van der Waals surface area (Å²) in [6, 6.07) is 6.29. The fourth-order valence-electron chi connectivity index (χ4n) is 1.75. The number of amides is 1. The van der Waals surface area contributed by atoms with E-state index in [1.165, 1.54) is 16.7 Å². The van der Waals surface area contributed by atoms with Gasteiger partial charge in [-0.1, -0.05) is 12.1 Å². The highest BCUT2D eigenvalue weighted by molar-refractivity contribution is 7.99. The number of aliphatic carboxylic acids is 1. The number of aliphatic imine (C=N–C) groups is 1. The van der Waals surface area contributed by atoms with Gasteiger partial charge in [0, 0.05) is 5.75 Å². The van der Waals surface area contributed by atoms with E-state index in [0.717, 1.165) is 11.3 Å². The molecule has 1 amide bonds. The van der Waals surface area contributed by atoms with Crippen LogP contribution in [0.5, 0.6) is 0 Å². The average molecular weight is 294 g/mol. The van der Waals surface area contributed by atoms with Crippen molar-refractivity contribution in [1.82, 2.24) is 4.90 Å². The zero-order chi connectivity index (χ0) is 14.5. The van der Waals surface area contributed by atoms with Gasteiger partial charge in [-0.05, 0) is 24.4 Å². The molecule has 1 atom stereocenters. The number of carbonyl (C=O) groups is 2. The first kappa shape index (κ1) is 14.4. The zero-order valence-corrected chi connectivity index (χ0v) is 11.5. The van der Waals surface area contributed by atoms with Crippen molar-refractivity contribution in [1.29, 1.82) is 0 Å². The molecule has 6 nitrogen and oxygen atoms in total. The second kappa shape index (κ2) is 6.42. The third-order valence-corrected chi connectivity index (χ3v) is 3.90. The number of benzene rings is 1. The minimum absolute atomic E-state index is 0.101. The van der Waals surface area contributed by atoms with Gasteiger partial charge >= 0.3 is 12.1 Å². The van der Waals surface area contributed by atoms with Crippen molar-refractivity contribution < 1.29 is 19.4 Å². The van der Waals surface area contributed by atoms with E-state index in [4.69, 9.17) is 9.84 Å². The number of hydrogen-bond donors (Lipinski definition) is 1. The summed E-state index contributed by atoms with van der Waals surface area (Å²) in [5.41, 5.74) is 1.55. The molecule has 0 aromatic heterocycles. The van der Waals surface area contributed by atoms with Crippen LogP contribution in [-0.2, 0) is 16.1 Å². The predicted octanol–water partition coefficient (Wildman–Crippen LogP) is 2.11. The molecule has 0 unspecified atom stereocenters. The van der Waals surface area contributed by atoms with Gasteiger partial charge in [0.1, 0.15) is 12.6 Å². The molecule has 1 heterocycles. The highest BCUT2D eigenvalue weighted by atomic mass is 32.2. The fourth-order valence-corrected chi connectivity index (χ4v) is 2.89. The first-order valence-electron chi connectivity index (χ1n) is 5.91. The molecule has 2 rings (SSSR count). The molecule has 1 aromatic carbocycles. The molecule has 0 spiro atoms. The summed E-state index contributed by atoms with van der Waals surface area (Å²) in [6.45, 7) is 3.51. The Hall–Kier alpha value is -2.02. The van der Waals surface area contributed by atoms with E-state index >= 15 is 0 Å². The second-order valence-corrected chi connectivity index (χ2v) is 5.20. The Balaban J connectivity index is 1.91. The van der Waals surface area contributed by atoms with Gasteiger partial charge in [-0.2, -0.15) is 0 Å². The number of hydrogen-bond acceptors (Lipinski definition) is 5. The molecule has 0 radical (unpaired) electrons. The first-order chi connectivity index (χ1) is 9.61. The third kappa shape index (κ3) is 3.30. The number of ether oxygens (including phenoxy) is 1. The van der Waals surface area contributed by atoms with Crippen molar-refractivity contribution in [3.05, 3.63) is 29.8 Å². The zero-order valence-electron chi connectivity index (χ0n) is 10.7. The summed E-state index contributed by atoms with van der Waals surface area (Å²) < 4.78 is 5.13. The molecule has 7 heteroatoms. The molecule has 1 aliphatic heterocycles. The Morgan fingerprint density at radius 3 is 2.75 bits per heavy atom. The molecule has 106 valence electrons. The summed E-state index contributed by atoms with van der Waals surface area (Å²) in [7, 11) is 0. The molecule has 1 aliphatic rings. The maximum atomic E-state index is 11.9. The van der Waals surface area contributed by atoms with Crippen molar-refractivity contribution in [2.75, 3.05) is 11.6 Å². The average Bonchev–Trinajstić information content (AvgIpc) is 2.95.